The van der Waals surface area contributed by atoms with Gasteiger partial charge >= 0.3 is 0 Å². The van der Waals surface area contributed by atoms with Gasteiger partial charge in [0.05, 0.1) is 30.7 Å². The number of fused-ring (bicyclic) bond motifs is 1. The fourth-order valence-corrected chi connectivity index (χ4v) is 3.76. The van der Waals surface area contributed by atoms with Crippen LogP contribution in [0.1, 0.15) is 21.5 Å². The largest absolute Gasteiger partial charge is 0.493 e. The van der Waals surface area contributed by atoms with E-state index in [9.17, 15) is 18.8 Å². The fraction of sp³-hybridized carbons (Fsp3) is 0.148. The van der Waals surface area contributed by atoms with Crippen molar-refractivity contribution in [1.82, 2.24) is 4.57 Å². The van der Waals surface area contributed by atoms with Crippen LogP contribution in [0.2, 0.25) is 0 Å². The first-order valence-electron chi connectivity index (χ1n) is 10.8. The van der Waals surface area contributed by atoms with E-state index in [2.05, 4.69) is 5.32 Å². The molecule has 3 aromatic carbocycles. The molecule has 4 rings (SSSR count). The summed E-state index contributed by atoms with van der Waals surface area (Å²) < 4.78 is 25.4. The number of rotatable bonds is 7. The topological polar surface area (TPSA) is 86.6 Å². The Kier molecular flexibility index (Phi) is 6.64. The van der Waals surface area contributed by atoms with Crippen molar-refractivity contribution in [1.29, 1.82) is 0 Å². The van der Waals surface area contributed by atoms with E-state index >= 15 is 0 Å². The lowest BCUT2D eigenvalue weighted by molar-refractivity contribution is -0.116. The normalized spacial score (nSPS) is 10.7. The predicted octanol–water partition coefficient (Wildman–Crippen LogP) is 4.34. The third kappa shape index (κ3) is 4.91. The second-order valence-electron chi connectivity index (χ2n) is 7.97. The molecule has 0 radical (unpaired) electrons. The van der Waals surface area contributed by atoms with Crippen LogP contribution in [0.5, 0.6) is 11.5 Å². The van der Waals surface area contributed by atoms with Crippen molar-refractivity contribution in [2.45, 2.75) is 13.5 Å². The number of anilines is 1. The van der Waals surface area contributed by atoms with Gasteiger partial charge in [0.2, 0.25) is 11.3 Å². The molecule has 178 valence electrons. The summed E-state index contributed by atoms with van der Waals surface area (Å²) in [4.78, 5) is 39.4. The maximum atomic E-state index is 13.4. The number of nitrogens with one attached hydrogen (secondary N) is 1. The highest BCUT2D eigenvalue weighted by Crippen LogP contribution is 2.31. The van der Waals surface area contributed by atoms with Crippen LogP contribution in [0.15, 0.2) is 71.7 Å². The fourth-order valence-electron chi connectivity index (χ4n) is 3.76. The number of nitrogens with zero attached hydrogens (tertiary/aromatic N) is 1. The van der Waals surface area contributed by atoms with E-state index in [-0.39, 0.29) is 17.5 Å². The van der Waals surface area contributed by atoms with Crippen molar-refractivity contribution in [3.05, 3.63) is 99.6 Å². The molecule has 0 aliphatic heterocycles. The zero-order chi connectivity index (χ0) is 25.1. The summed E-state index contributed by atoms with van der Waals surface area (Å²) >= 11 is 0. The number of ether oxygens (including phenoxy) is 2. The first kappa shape index (κ1) is 23.7. The molecular weight excluding hydrogens is 451 g/mol. The Labute approximate surface area is 200 Å². The van der Waals surface area contributed by atoms with Crippen LogP contribution in [-0.4, -0.2) is 30.5 Å². The van der Waals surface area contributed by atoms with Gasteiger partial charge in [0.15, 0.2) is 17.3 Å². The van der Waals surface area contributed by atoms with Crippen LogP contribution in [0, 0.1) is 12.7 Å². The Morgan fingerprint density at radius 1 is 0.943 bits per heavy atom. The first-order valence-corrected chi connectivity index (χ1v) is 10.8. The lowest BCUT2D eigenvalue weighted by atomic mass is 10.0. The van der Waals surface area contributed by atoms with Crippen LogP contribution in [0.4, 0.5) is 10.1 Å². The molecule has 4 aromatic rings. The number of halogens is 1. The van der Waals surface area contributed by atoms with Gasteiger partial charge in [0, 0.05) is 23.5 Å². The van der Waals surface area contributed by atoms with Gasteiger partial charge in [-0.2, -0.15) is 0 Å². The van der Waals surface area contributed by atoms with Crippen LogP contribution >= 0.6 is 0 Å². The number of carbonyl (C=O) groups excluding carboxylic acids is 2. The molecule has 1 aromatic heterocycles. The lowest BCUT2D eigenvalue weighted by Gasteiger charge is -2.16. The van der Waals surface area contributed by atoms with Crippen LogP contribution < -0.4 is 20.2 Å². The summed E-state index contributed by atoms with van der Waals surface area (Å²) in [7, 11) is 2.91. The van der Waals surface area contributed by atoms with Gasteiger partial charge in [0.25, 0.3) is 0 Å². The molecule has 7 nitrogen and oxygen atoms in total. The SMILES string of the molecule is COc1cc2c(=O)c(C(=O)c3ccc(C)cc3)cn(CC(=O)Nc3ccc(F)cc3)c2cc1OC. The maximum Gasteiger partial charge on any atom is 0.244 e. The Hall–Kier alpha value is -4.46. The average molecular weight is 474 g/mol. The molecule has 1 amide bonds. The van der Waals surface area contributed by atoms with Gasteiger partial charge in [-0.15, -0.1) is 0 Å². The van der Waals surface area contributed by atoms with Crippen molar-refractivity contribution in [3.8, 4) is 11.5 Å². The molecule has 0 bridgehead atoms. The summed E-state index contributed by atoms with van der Waals surface area (Å²) in [5.74, 6) is -0.622. The quantitative estimate of drug-likeness (QED) is 0.403. The summed E-state index contributed by atoms with van der Waals surface area (Å²) in [6.07, 6.45) is 1.38. The van der Waals surface area contributed by atoms with E-state index < -0.39 is 22.9 Å². The van der Waals surface area contributed by atoms with Crippen molar-refractivity contribution >= 4 is 28.3 Å². The Morgan fingerprint density at radius 2 is 1.57 bits per heavy atom. The van der Waals surface area contributed by atoms with Gasteiger partial charge in [-0.25, -0.2) is 4.39 Å². The average Bonchev–Trinajstić information content (AvgIpc) is 2.86. The molecule has 1 heterocycles. The molecule has 0 atom stereocenters. The third-order valence-corrected chi connectivity index (χ3v) is 5.59. The number of pyridine rings is 1. The highest BCUT2D eigenvalue weighted by Gasteiger charge is 2.20. The maximum absolute atomic E-state index is 13.4. The number of aryl methyl sites for hydroxylation is 1. The molecule has 1 N–H and O–H groups in total. The smallest absolute Gasteiger partial charge is 0.244 e. The minimum Gasteiger partial charge on any atom is -0.493 e. The van der Waals surface area contributed by atoms with Crippen LogP contribution in [0.25, 0.3) is 10.9 Å². The van der Waals surface area contributed by atoms with E-state index in [1.54, 1.807) is 30.3 Å². The molecule has 0 aliphatic carbocycles. The minimum absolute atomic E-state index is 0.0804. The van der Waals surface area contributed by atoms with E-state index in [0.29, 0.717) is 28.3 Å². The summed E-state index contributed by atoms with van der Waals surface area (Å²) in [5, 5.41) is 2.89. The first-order chi connectivity index (χ1) is 16.8. The van der Waals surface area contributed by atoms with Gasteiger partial charge in [-0.1, -0.05) is 29.8 Å². The second kappa shape index (κ2) is 9.80. The molecule has 8 heteroatoms. The molecule has 0 saturated carbocycles. The molecule has 0 aliphatic rings. The number of amides is 1. The number of ketones is 1. The molecule has 0 saturated heterocycles. The molecular formula is C27H23FN2O5. The van der Waals surface area contributed by atoms with Crippen molar-refractivity contribution in [3.63, 3.8) is 0 Å². The molecule has 0 unspecified atom stereocenters. The minimum atomic E-state index is -0.485. The zero-order valence-corrected chi connectivity index (χ0v) is 19.4. The number of hydrogen-bond acceptors (Lipinski definition) is 5. The lowest BCUT2D eigenvalue weighted by Crippen LogP contribution is -2.24. The molecule has 35 heavy (non-hydrogen) atoms. The molecule has 0 fully saturated rings. The Morgan fingerprint density at radius 3 is 2.20 bits per heavy atom. The van der Waals surface area contributed by atoms with Gasteiger partial charge in [-0.05, 0) is 37.3 Å². The van der Waals surface area contributed by atoms with Gasteiger partial charge in [-0.3, -0.25) is 14.4 Å². The molecule has 0 spiro atoms. The van der Waals surface area contributed by atoms with Gasteiger partial charge in [0.1, 0.15) is 12.4 Å². The summed E-state index contributed by atoms with van der Waals surface area (Å²) in [6, 6.07) is 15.3. The summed E-state index contributed by atoms with van der Waals surface area (Å²) in [6.45, 7) is 1.69. The second-order valence-corrected chi connectivity index (χ2v) is 7.97. The Balaban J connectivity index is 1.83. The highest BCUT2D eigenvalue weighted by molar-refractivity contribution is 6.10. The zero-order valence-electron chi connectivity index (χ0n) is 19.4. The van der Waals surface area contributed by atoms with E-state index in [4.69, 9.17) is 9.47 Å². The number of methoxy groups -OCH3 is 2. The van der Waals surface area contributed by atoms with Crippen LogP contribution in [-0.2, 0) is 11.3 Å². The number of hydrogen-bond donors (Lipinski definition) is 1. The van der Waals surface area contributed by atoms with Gasteiger partial charge < -0.3 is 19.4 Å². The Bertz CT molecular complexity index is 1480. The summed E-state index contributed by atoms with van der Waals surface area (Å²) in [5.41, 5.74) is 1.57. The van der Waals surface area contributed by atoms with E-state index in [1.165, 1.54) is 55.3 Å². The van der Waals surface area contributed by atoms with Crippen LogP contribution in [0.3, 0.4) is 0 Å². The monoisotopic (exact) mass is 474 g/mol. The number of carbonyl (C=O) groups is 2. The third-order valence-electron chi connectivity index (χ3n) is 5.59. The standard InChI is InChI=1S/C27H23FN2O5/c1-16-4-6-17(7-5-16)26(32)21-14-30(15-25(31)29-19-10-8-18(28)9-11-19)22-13-24(35-3)23(34-2)12-20(22)27(21)33/h4-14H,15H2,1-3H3,(H,29,31). The van der Waals surface area contributed by atoms with E-state index in [0.717, 1.165) is 5.56 Å². The van der Waals surface area contributed by atoms with Crippen molar-refractivity contribution in [2.75, 3.05) is 19.5 Å². The van der Waals surface area contributed by atoms with Crippen molar-refractivity contribution < 1.29 is 23.5 Å². The predicted molar refractivity (Wildman–Crippen MR) is 131 cm³/mol. The van der Waals surface area contributed by atoms with E-state index in [1.807, 2.05) is 6.92 Å². The van der Waals surface area contributed by atoms with Crippen molar-refractivity contribution in [2.24, 2.45) is 0 Å². The highest BCUT2D eigenvalue weighted by atomic mass is 19.1. The number of aromatic nitrogens is 1. The number of benzene rings is 3.